The number of hydrogen-bond donors (Lipinski definition) is 2. The lowest BCUT2D eigenvalue weighted by Gasteiger charge is -2.17. The number of rotatable bonds is 3. The van der Waals surface area contributed by atoms with E-state index in [0.29, 0.717) is 16.9 Å². The molecule has 4 aromatic heterocycles. The Balaban J connectivity index is 1.77. The summed E-state index contributed by atoms with van der Waals surface area (Å²) in [5, 5.41) is 12.2. The summed E-state index contributed by atoms with van der Waals surface area (Å²) in [7, 11) is 0. The topological polar surface area (TPSA) is 88.6 Å². The first kappa shape index (κ1) is 16.8. The van der Waals surface area contributed by atoms with Gasteiger partial charge in [-0.2, -0.15) is 10.2 Å². The van der Waals surface area contributed by atoms with E-state index in [-0.39, 0.29) is 11.6 Å². The van der Waals surface area contributed by atoms with Gasteiger partial charge in [0.2, 0.25) is 0 Å². The molecule has 5 rings (SSSR count). The monoisotopic (exact) mass is 391 g/mol. The lowest BCUT2D eigenvalue weighted by atomic mass is 10.00. The minimum atomic E-state index is -0.155. The second kappa shape index (κ2) is 6.39. The molecule has 2 N–H and O–H groups in total. The van der Waals surface area contributed by atoms with Gasteiger partial charge >= 0.3 is 0 Å². The van der Waals surface area contributed by atoms with Gasteiger partial charge in [0.25, 0.3) is 5.56 Å². The van der Waals surface area contributed by atoms with Crippen LogP contribution in [0, 0.1) is 12.3 Å². The maximum Gasteiger partial charge on any atom is 0.266 e. The molecule has 0 amide bonds. The van der Waals surface area contributed by atoms with Crippen molar-refractivity contribution in [2.45, 2.75) is 25.8 Å². The van der Waals surface area contributed by atoms with Crippen LogP contribution in [0.4, 0.5) is 0 Å². The largest absolute Gasteiger partial charge is 0.491 e. The predicted molar refractivity (Wildman–Crippen MR) is 108 cm³/mol. The number of thiophene rings is 1. The zero-order chi connectivity index (χ0) is 19.3. The summed E-state index contributed by atoms with van der Waals surface area (Å²) in [6, 6.07) is -0.155. The highest BCUT2D eigenvalue weighted by atomic mass is 32.1. The van der Waals surface area contributed by atoms with Gasteiger partial charge in [0.05, 0.1) is 35.5 Å². The Labute approximate surface area is 164 Å². The molecule has 0 bridgehead atoms. The zero-order valence-corrected chi connectivity index (χ0v) is 16.0. The standard InChI is InChI=1S/C20H17N5O2S/c1-3-12-7-23-25(10-12)11(2)16-14-5-4-6-27-17-15(14)19(20(26)24-16)28-18(17)13-8-21-22-9-13/h1,7-11H,4-6H2,2H3,(H,21,22)(H,24,26). The van der Waals surface area contributed by atoms with Crippen molar-refractivity contribution in [3.05, 3.63) is 52.0 Å². The molecule has 4 aromatic rings. The molecule has 1 aliphatic heterocycles. The second-order valence-electron chi connectivity index (χ2n) is 6.78. The summed E-state index contributed by atoms with van der Waals surface area (Å²) in [6.45, 7) is 2.62. The van der Waals surface area contributed by atoms with Crippen LogP contribution < -0.4 is 10.3 Å². The summed E-state index contributed by atoms with van der Waals surface area (Å²) in [4.78, 5) is 17.0. The van der Waals surface area contributed by atoms with Crippen LogP contribution in [-0.4, -0.2) is 31.6 Å². The van der Waals surface area contributed by atoms with Gasteiger partial charge in [-0.25, -0.2) is 0 Å². The quantitative estimate of drug-likeness (QED) is 0.525. The van der Waals surface area contributed by atoms with Crippen molar-refractivity contribution in [2.75, 3.05) is 6.61 Å². The second-order valence-corrected chi connectivity index (χ2v) is 7.80. The van der Waals surface area contributed by atoms with Crippen LogP contribution >= 0.6 is 11.3 Å². The normalized spacial score (nSPS) is 14.4. The summed E-state index contributed by atoms with van der Waals surface area (Å²) in [5.41, 5.74) is 3.48. The lowest BCUT2D eigenvalue weighted by Crippen LogP contribution is -2.18. The van der Waals surface area contributed by atoms with Crippen LogP contribution in [0.25, 0.3) is 20.5 Å². The molecule has 140 valence electrons. The van der Waals surface area contributed by atoms with Crippen molar-refractivity contribution in [3.63, 3.8) is 0 Å². The van der Waals surface area contributed by atoms with Crippen molar-refractivity contribution in [1.29, 1.82) is 0 Å². The Morgan fingerprint density at radius 3 is 3.07 bits per heavy atom. The number of hydrogen-bond acceptors (Lipinski definition) is 5. The number of nitrogens with zero attached hydrogens (tertiary/aromatic N) is 3. The first-order valence-corrected chi connectivity index (χ1v) is 9.83. The molecule has 7 nitrogen and oxygen atoms in total. The van der Waals surface area contributed by atoms with Gasteiger partial charge in [-0.05, 0) is 25.3 Å². The van der Waals surface area contributed by atoms with Crippen molar-refractivity contribution < 1.29 is 4.74 Å². The van der Waals surface area contributed by atoms with Crippen LogP contribution in [0.2, 0.25) is 0 Å². The molecule has 0 aromatic carbocycles. The van der Waals surface area contributed by atoms with Gasteiger partial charge in [0, 0.05) is 29.0 Å². The molecular weight excluding hydrogens is 374 g/mol. The summed E-state index contributed by atoms with van der Waals surface area (Å²) < 4.78 is 8.57. The van der Waals surface area contributed by atoms with Gasteiger partial charge in [-0.15, -0.1) is 17.8 Å². The Bertz CT molecular complexity index is 1270. The number of nitrogens with one attached hydrogen (secondary N) is 2. The van der Waals surface area contributed by atoms with E-state index in [4.69, 9.17) is 11.2 Å². The Morgan fingerprint density at radius 2 is 2.32 bits per heavy atom. The minimum Gasteiger partial charge on any atom is -0.491 e. The molecule has 0 saturated carbocycles. The van der Waals surface area contributed by atoms with E-state index in [1.165, 1.54) is 11.3 Å². The SMILES string of the molecule is C#Cc1cnn(C(C)c2[nH]c(=O)c3sc(-c4cn[nH]c4)c4c3c2CCCO4)c1. The van der Waals surface area contributed by atoms with Gasteiger partial charge < -0.3 is 9.72 Å². The molecule has 0 radical (unpaired) electrons. The molecule has 0 saturated heterocycles. The van der Waals surface area contributed by atoms with Crippen LogP contribution in [0.1, 0.15) is 36.2 Å². The van der Waals surface area contributed by atoms with E-state index in [2.05, 4.69) is 26.2 Å². The van der Waals surface area contributed by atoms with E-state index in [1.54, 1.807) is 17.1 Å². The fourth-order valence-electron chi connectivity index (χ4n) is 3.74. The van der Waals surface area contributed by atoms with Crippen LogP contribution in [0.5, 0.6) is 5.75 Å². The molecule has 8 heteroatoms. The number of aromatic amines is 2. The molecule has 1 unspecified atom stereocenters. The average molecular weight is 391 g/mol. The highest BCUT2D eigenvalue weighted by molar-refractivity contribution is 7.22. The fourth-order valence-corrected chi connectivity index (χ4v) is 4.89. The molecule has 28 heavy (non-hydrogen) atoms. The van der Waals surface area contributed by atoms with E-state index in [9.17, 15) is 4.79 Å². The van der Waals surface area contributed by atoms with Crippen LogP contribution in [0.3, 0.4) is 0 Å². The van der Waals surface area contributed by atoms with Gasteiger partial charge in [-0.3, -0.25) is 14.6 Å². The number of aromatic nitrogens is 5. The van der Waals surface area contributed by atoms with E-state index >= 15 is 0 Å². The Kier molecular flexibility index (Phi) is 3.84. The predicted octanol–water partition coefficient (Wildman–Crippen LogP) is 3.09. The summed E-state index contributed by atoms with van der Waals surface area (Å²) in [5.74, 6) is 3.37. The first-order valence-electron chi connectivity index (χ1n) is 9.01. The first-order chi connectivity index (χ1) is 13.7. The van der Waals surface area contributed by atoms with Crippen molar-refractivity contribution in [3.8, 4) is 28.5 Å². The average Bonchev–Trinajstić information content (AvgIpc) is 3.42. The molecule has 1 atom stereocenters. The summed E-state index contributed by atoms with van der Waals surface area (Å²) >= 11 is 1.44. The van der Waals surface area contributed by atoms with Crippen LogP contribution in [0.15, 0.2) is 29.6 Å². The third-order valence-corrected chi connectivity index (χ3v) is 6.33. The molecular formula is C20H17N5O2S. The number of ether oxygens (including phenoxy) is 1. The third kappa shape index (κ3) is 2.47. The number of aryl methyl sites for hydroxylation is 1. The molecule has 1 aliphatic rings. The Hall–Kier alpha value is -3.31. The maximum atomic E-state index is 13.0. The third-order valence-electron chi connectivity index (χ3n) is 5.11. The summed E-state index contributed by atoms with van der Waals surface area (Å²) in [6.07, 6.45) is 14.2. The number of H-pyrrole nitrogens is 2. The molecule has 0 fully saturated rings. The fraction of sp³-hybridized carbons (Fsp3) is 0.250. The lowest BCUT2D eigenvalue weighted by molar-refractivity contribution is 0.321. The molecule has 0 aliphatic carbocycles. The molecule has 5 heterocycles. The molecule has 0 spiro atoms. The van der Waals surface area contributed by atoms with Gasteiger partial charge in [0.15, 0.2) is 0 Å². The van der Waals surface area contributed by atoms with Crippen molar-refractivity contribution in [2.24, 2.45) is 0 Å². The number of terminal acetylenes is 1. The zero-order valence-electron chi connectivity index (χ0n) is 15.2. The smallest absolute Gasteiger partial charge is 0.266 e. The van der Waals surface area contributed by atoms with Crippen molar-refractivity contribution in [1.82, 2.24) is 25.0 Å². The van der Waals surface area contributed by atoms with Gasteiger partial charge in [0.1, 0.15) is 10.4 Å². The van der Waals surface area contributed by atoms with Gasteiger partial charge in [-0.1, -0.05) is 5.92 Å². The van der Waals surface area contributed by atoms with Crippen LogP contribution in [-0.2, 0) is 6.42 Å². The highest BCUT2D eigenvalue weighted by Crippen LogP contribution is 2.46. The minimum absolute atomic E-state index is 0.114. The van der Waals surface area contributed by atoms with E-state index in [0.717, 1.165) is 45.7 Å². The van der Waals surface area contributed by atoms with E-state index < -0.39 is 0 Å². The highest BCUT2D eigenvalue weighted by Gasteiger charge is 2.27. The van der Waals surface area contributed by atoms with Crippen molar-refractivity contribution >= 4 is 21.4 Å². The maximum absolute atomic E-state index is 13.0. The Morgan fingerprint density at radius 1 is 1.43 bits per heavy atom. The number of pyridine rings is 1. The van der Waals surface area contributed by atoms with E-state index in [1.807, 2.05) is 19.3 Å².